The smallest absolute Gasteiger partial charge is 0.238 e. The molecule has 4 N–H and O–H groups in total. The van der Waals surface area contributed by atoms with Crippen molar-refractivity contribution in [2.24, 2.45) is 11.1 Å². The van der Waals surface area contributed by atoms with Crippen LogP contribution in [0.15, 0.2) is 23.1 Å². The summed E-state index contributed by atoms with van der Waals surface area (Å²) in [4.78, 5) is 2.32. The van der Waals surface area contributed by atoms with Crippen LogP contribution in [0.3, 0.4) is 0 Å². The van der Waals surface area contributed by atoms with E-state index in [4.69, 9.17) is 10.9 Å². The van der Waals surface area contributed by atoms with E-state index in [0.29, 0.717) is 17.6 Å². The molecule has 0 fully saturated rings. The molecule has 0 saturated carbocycles. The molecular weight excluding hydrogens is 286 g/mol. The Morgan fingerprint density at radius 2 is 1.76 bits per heavy atom. The molecule has 0 aliphatic heterocycles. The Labute approximate surface area is 128 Å². The summed E-state index contributed by atoms with van der Waals surface area (Å²) in [7, 11) is -3.72. The zero-order chi connectivity index (χ0) is 16.2. The van der Waals surface area contributed by atoms with Gasteiger partial charge in [-0.05, 0) is 37.0 Å². The molecule has 1 aromatic carbocycles. The van der Waals surface area contributed by atoms with Gasteiger partial charge in [-0.2, -0.15) is 0 Å². The summed E-state index contributed by atoms with van der Waals surface area (Å²) in [5, 5.41) is 5.15. The summed E-state index contributed by atoms with van der Waals surface area (Å²) in [6.45, 7) is 9.49. The molecule has 21 heavy (non-hydrogen) atoms. The lowest BCUT2D eigenvalue weighted by Gasteiger charge is -2.35. The van der Waals surface area contributed by atoms with Crippen LogP contribution in [-0.2, 0) is 10.0 Å². The van der Waals surface area contributed by atoms with Crippen molar-refractivity contribution in [3.05, 3.63) is 18.2 Å². The van der Waals surface area contributed by atoms with Crippen LogP contribution in [0.1, 0.15) is 40.5 Å². The Balaban J connectivity index is 3.25. The molecule has 0 aliphatic rings. The number of rotatable bonds is 7. The van der Waals surface area contributed by atoms with E-state index in [1.165, 1.54) is 12.1 Å². The fraction of sp³-hybridized carbons (Fsp3) is 0.600. The molecule has 0 saturated heterocycles. The SMILES string of the molecule is CCC(CC)N(CC(C)C)c1ccc(S(N)(=O)=O)cc1N. The fourth-order valence-electron chi connectivity index (χ4n) is 2.54. The molecule has 0 radical (unpaired) electrons. The summed E-state index contributed by atoms with van der Waals surface area (Å²) >= 11 is 0. The number of sulfonamides is 1. The summed E-state index contributed by atoms with van der Waals surface area (Å²) in [6, 6.07) is 5.11. The number of nitrogens with zero attached hydrogens (tertiary/aromatic N) is 1. The number of hydrogen-bond donors (Lipinski definition) is 2. The van der Waals surface area contributed by atoms with Crippen LogP contribution in [-0.4, -0.2) is 21.0 Å². The second-order valence-corrected chi connectivity index (χ2v) is 7.34. The number of anilines is 2. The first-order valence-electron chi connectivity index (χ1n) is 7.39. The van der Waals surface area contributed by atoms with Gasteiger partial charge in [0.25, 0.3) is 0 Å². The summed E-state index contributed by atoms with van der Waals surface area (Å²) in [6.07, 6.45) is 2.03. The van der Waals surface area contributed by atoms with Crippen molar-refractivity contribution in [3.8, 4) is 0 Å². The van der Waals surface area contributed by atoms with Gasteiger partial charge in [-0.1, -0.05) is 27.7 Å². The highest BCUT2D eigenvalue weighted by molar-refractivity contribution is 7.89. The van der Waals surface area contributed by atoms with Crippen LogP contribution in [0.4, 0.5) is 11.4 Å². The Morgan fingerprint density at radius 1 is 1.19 bits per heavy atom. The molecule has 0 unspecified atom stereocenters. The maximum atomic E-state index is 11.4. The molecule has 0 atom stereocenters. The maximum Gasteiger partial charge on any atom is 0.238 e. The van der Waals surface area contributed by atoms with Crippen LogP contribution >= 0.6 is 0 Å². The van der Waals surface area contributed by atoms with Gasteiger partial charge in [-0.3, -0.25) is 0 Å². The third-order valence-electron chi connectivity index (χ3n) is 3.58. The highest BCUT2D eigenvalue weighted by Gasteiger charge is 2.20. The largest absolute Gasteiger partial charge is 0.397 e. The predicted molar refractivity (Wildman–Crippen MR) is 88.8 cm³/mol. The minimum atomic E-state index is -3.72. The normalized spacial score (nSPS) is 12.1. The van der Waals surface area contributed by atoms with Gasteiger partial charge in [0.1, 0.15) is 0 Å². The monoisotopic (exact) mass is 313 g/mol. The van der Waals surface area contributed by atoms with E-state index >= 15 is 0 Å². The fourth-order valence-corrected chi connectivity index (χ4v) is 3.09. The van der Waals surface area contributed by atoms with Crippen molar-refractivity contribution in [1.29, 1.82) is 0 Å². The molecule has 0 amide bonds. The Hall–Kier alpha value is -1.27. The molecule has 0 heterocycles. The highest BCUT2D eigenvalue weighted by Crippen LogP contribution is 2.29. The molecule has 1 aromatic rings. The summed E-state index contributed by atoms with van der Waals surface area (Å²) < 4.78 is 22.8. The first kappa shape index (κ1) is 17.8. The third-order valence-corrected chi connectivity index (χ3v) is 4.49. The first-order chi connectivity index (χ1) is 9.70. The van der Waals surface area contributed by atoms with Crippen molar-refractivity contribution in [2.75, 3.05) is 17.2 Å². The minimum absolute atomic E-state index is 0.0535. The zero-order valence-corrected chi connectivity index (χ0v) is 14.2. The van der Waals surface area contributed by atoms with Gasteiger partial charge in [0.2, 0.25) is 10.0 Å². The minimum Gasteiger partial charge on any atom is -0.397 e. The summed E-state index contributed by atoms with van der Waals surface area (Å²) in [5.74, 6) is 0.489. The van der Waals surface area contributed by atoms with Crippen molar-refractivity contribution in [3.63, 3.8) is 0 Å². The van der Waals surface area contributed by atoms with E-state index < -0.39 is 10.0 Å². The van der Waals surface area contributed by atoms with Crippen LogP contribution < -0.4 is 15.8 Å². The maximum absolute atomic E-state index is 11.4. The molecular formula is C15H27N3O2S. The Morgan fingerprint density at radius 3 is 2.14 bits per heavy atom. The lowest BCUT2D eigenvalue weighted by atomic mass is 10.1. The number of nitrogens with two attached hydrogens (primary N) is 2. The van der Waals surface area contributed by atoms with Crippen molar-refractivity contribution < 1.29 is 8.42 Å². The standard InChI is InChI=1S/C15H27N3O2S/c1-5-12(6-2)18(10-11(3)4)15-8-7-13(9-14(15)16)21(17,19)20/h7-9,11-12H,5-6,10,16H2,1-4H3,(H2,17,19,20). The lowest BCUT2D eigenvalue weighted by Crippen LogP contribution is -2.37. The second kappa shape index (κ2) is 7.13. The molecule has 120 valence electrons. The van der Waals surface area contributed by atoms with Crippen molar-refractivity contribution in [1.82, 2.24) is 0 Å². The van der Waals surface area contributed by atoms with Gasteiger partial charge in [0.15, 0.2) is 0 Å². The third kappa shape index (κ3) is 4.61. The predicted octanol–water partition coefficient (Wildman–Crippen LogP) is 2.57. The van der Waals surface area contributed by atoms with Crippen molar-refractivity contribution >= 4 is 21.4 Å². The highest BCUT2D eigenvalue weighted by atomic mass is 32.2. The number of hydrogen-bond acceptors (Lipinski definition) is 4. The molecule has 6 heteroatoms. The van der Waals surface area contributed by atoms with E-state index in [9.17, 15) is 8.42 Å². The van der Waals surface area contributed by atoms with Gasteiger partial charge in [0.05, 0.1) is 16.3 Å². The van der Waals surface area contributed by atoms with Gasteiger partial charge in [-0.15, -0.1) is 0 Å². The van der Waals surface area contributed by atoms with Gasteiger partial charge < -0.3 is 10.6 Å². The number of nitrogen functional groups attached to an aromatic ring is 1. The van der Waals surface area contributed by atoms with Crippen LogP contribution in [0.5, 0.6) is 0 Å². The number of primary sulfonamides is 1. The van der Waals surface area contributed by atoms with E-state index in [1.54, 1.807) is 6.07 Å². The van der Waals surface area contributed by atoms with E-state index in [1.807, 2.05) is 0 Å². The lowest BCUT2D eigenvalue weighted by molar-refractivity contribution is 0.508. The van der Waals surface area contributed by atoms with Crippen LogP contribution in [0, 0.1) is 5.92 Å². The second-order valence-electron chi connectivity index (χ2n) is 5.78. The van der Waals surface area contributed by atoms with E-state index in [2.05, 4.69) is 32.6 Å². The average Bonchev–Trinajstić information content (AvgIpc) is 2.37. The van der Waals surface area contributed by atoms with Crippen LogP contribution in [0.2, 0.25) is 0 Å². The first-order valence-corrected chi connectivity index (χ1v) is 8.94. The number of benzene rings is 1. The Kier molecular flexibility index (Phi) is 6.04. The van der Waals surface area contributed by atoms with Gasteiger partial charge in [-0.25, -0.2) is 13.6 Å². The summed E-state index contributed by atoms with van der Waals surface area (Å²) in [5.41, 5.74) is 7.41. The average molecular weight is 313 g/mol. The molecule has 5 nitrogen and oxygen atoms in total. The van der Waals surface area contributed by atoms with E-state index in [0.717, 1.165) is 25.1 Å². The molecule has 0 spiro atoms. The van der Waals surface area contributed by atoms with Gasteiger partial charge >= 0.3 is 0 Å². The van der Waals surface area contributed by atoms with E-state index in [-0.39, 0.29) is 4.90 Å². The van der Waals surface area contributed by atoms with Crippen molar-refractivity contribution in [2.45, 2.75) is 51.5 Å². The quantitative estimate of drug-likeness (QED) is 0.757. The molecule has 0 aliphatic carbocycles. The van der Waals surface area contributed by atoms with Gasteiger partial charge in [0, 0.05) is 12.6 Å². The molecule has 0 aromatic heterocycles. The topological polar surface area (TPSA) is 89.4 Å². The Bertz CT molecular complexity index is 566. The molecule has 0 bridgehead atoms. The zero-order valence-electron chi connectivity index (χ0n) is 13.3. The van der Waals surface area contributed by atoms with Crippen LogP contribution in [0.25, 0.3) is 0 Å². The molecule has 1 rings (SSSR count).